The third-order valence-corrected chi connectivity index (χ3v) is 1.57. The molecule has 76 valence electrons. The van der Waals surface area contributed by atoms with Crippen LogP contribution >= 0.6 is 0 Å². The maximum atomic E-state index is 12.1. The number of alkyl halides is 3. The SMILES string of the molecule is CC(=O)Cc1ccc(C(F)(F)F)nc1. The predicted octanol–water partition coefficient (Wildman–Crippen LogP) is 2.23. The number of rotatable bonds is 2. The molecule has 0 amide bonds. The summed E-state index contributed by atoms with van der Waals surface area (Å²) in [6.07, 6.45) is -3.23. The van der Waals surface area contributed by atoms with Crippen molar-refractivity contribution in [3.8, 4) is 0 Å². The van der Waals surface area contributed by atoms with Gasteiger partial charge in [0.2, 0.25) is 0 Å². The van der Waals surface area contributed by atoms with Gasteiger partial charge in [0.05, 0.1) is 0 Å². The Labute approximate surface area is 78.8 Å². The summed E-state index contributed by atoms with van der Waals surface area (Å²) in [7, 11) is 0. The fourth-order valence-corrected chi connectivity index (χ4v) is 0.984. The molecule has 1 aromatic rings. The molecule has 2 nitrogen and oxygen atoms in total. The van der Waals surface area contributed by atoms with Gasteiger partial charge in [-0.25, -0.2) is 0 Å². The van der Waals surface area contributed by atoms with E-state index in [0.717, 1.165) is 12.3 Å². The fraction of sp³-hybridized carbons (Fsp3) is 0.333. The van der Waals surface area contributed by atoms with Crippen LogP contribution in [0.15, 0.2) is 18.3 Å². The molecule has 1 aromatic heterocycles. The Kier molecular flexibility index (Phi) is 2.88. The third kappa shape index (κ3) is 2.83. The molecule has 14 heavy (non-hydrogen) atoms. The minimum atomic E-state index is -4.42. The van der Waals surface area contributed by atoms with Crippen LogP contribution < -0.4 is 0 Å². The molecule has 0 aliphatic carbocycles. The van der Waals surface area contributed by atoms with Crippen LogP contribution in [-0.2, 0) is 17.4 Å². The zero-order valence-corrected chi connectivity index (χ0v) is 7.43. The largest absolute Gasteiger partial charge is 0.433 e. The van der Waals surface area contributed by atoms with E-state index in [1.54, 1.807) is 0 Å². The number of Topliss-reactive ketones (excluding diaryl/α,β-unsaturated/α-hetero) is 1. The highest BCUT2D eigenvalue weighted by atomic mass is 19.4. The van der Waals surface area contributed by atoms with Gasteiger partial charge >= 0.3 is 6.18 Å². The van der Waals surface area contributed by atoms with Crippen LogP contribution in [0.5, 0.6) is 0 Å². The van der Waals surface area contributed by atoms with E-state index in [1.165, 1.54) is 13.0 Å². The Morgan fingerprint density at radius 2 is 2.07 bits per heavy atom. The zero-order chi connectivity index (χ0) is 10.8. The van der Waals surface area contributed by atoms with Crippen molar-refractivity contribution >= 4 is 5.78 Å². The number of carbonyl (C=O) groups is 1. The minimum absolute atomic E-state index is 0.105. The molecule has 0 atom stereocenters. The Morgan fingerprint density at radius 1 is 1.43 bits per heavy atom. The van der Waals surface area contributed by atoms with Crippen LogP contribution in [0.2, 0.25) is 0 Å². The van der Waals surface area contributed by atoms with Gasteiger partial charge in [0.25, 0.3) is 0 Å². The number of pyridine rings is 1. The Hall–Kier alpha value is -1.39. The molecule has 5 heteroatoms. The van der Waals surface area contributed by atoms with E-state index < -0.39 is 11.9 Å². The van der Waals surface area contributed by atoms with Crippen molar-refractivity contribution < 1.29 is 18.0 Å². The average Bonchev–Trinajstić information content (AvgIpc) is 2.02. The molecule has 0 radical (unpaired) electrons. The standard InChI is InChI=1S/C9H8F3NO/c1-6(14)4-7-2-3-8(13-5-7)9(10,11)12/h2-3,5H,4H2,1H3. The maximum Gasteiger partial charge on any atom is 0.433 e. The van der Waals surface area contributed by atoms with Gasteiger partial charge in [0.1, 0.15) is 11.5 Å². The van der Waals surface area contributed by atoms with Crippen LogP contribution in [0.1, 0.15) is 18.2 Å². The van der Waals surface area contributed by atoms with Crippen LogP contribution in [0.3, 0.4) is 0 Å². The molecule has 0 aliphatic rings. The summed E-state index contributed by atoms with van der Waals surface area (Å²) in [5.41, 5.74) is -0.449. The second-order valence-electron chi connectivity index (χ2n) is 2.93. The van der Waals surface area contributed by atoms with Crippen molar-refractivity contribution in [2.24, 2.45) is 0 Å². The van der Waals surface area contributed by atoms with Crippen molar-refractivity contribution in [1.29, 1.82) is 0 Å². The van der Waals surface area contributed by atoms with Gasteiger partial charge in [0.15, 0.2) is 0 Å². The Bertz CT molecular complexity index is 329. The van der Waals surface area contributed by atoms with E-state index in [-0.39, 0.29) is 12.2 Å². The van der Waals surface area contributed by atoms with Crippen molar-refractivity contribution in [1.82, 2.24) is 4.98 Å². The highest BCUT2D eigenvalue weighted by Gasteiger charge is 2.31. The number of hydrogen-bond donors (Lipinski definition) is 0. The molecule has 0 saturated carbocycles. The number of carbonyl (C=O) groups excluding carboxylic acids is 1. The van der Waals surface area contributed by atoms with Crippen molar-refractivity contribution in [3.05, 3.63) is 29.6 Å². The summed E-state index contributed by atoms with van der Waals surface area (Å²) in [5.74, 6) is -0.105. The number of halogens is 3. The van der Waals surface area contributed by atoms with E-state index in [1.807, 2.05) is 0 Å². The molecule has 0 unspecified atom stereocenters. The van der Waals surface area contributed by atoms with Crippen molar-refractivity contribution in [2.75, 3.05) is 0 Å². The van der Waals surface area contributed by atoms with E-state index in [9.17, 15) is 18.0 Å². The van der Waals surface area contributed by atoms with Crippen LogP contribution in [0.25, 0.3) is 0 Å². The number of aromatic nitrogens is 1. The third-order valence-electron chi connectivity index (χ3n) is 1.57. The molecule has 0 fully saturated rings. The van der Waals surface area contributed by atoms with Crippen LogP contribution in [0.4, 0.5) is 13.2 Å². The number of ketones is 1. The lowest BCUT2D eigenvalue weighted by molar-refractivity contribution is -0.141. The highest BCUT2D eigenvalue weighted by Crippen LogP contribution is 2.27. The minimum Gasteiger partial charge on any atom is -0.300 e. The van der Waals surface area contributed by atoms with E-state index >= 15 is 0 Å². The average molecular weight is 203 g/mol. The van der Waals surface area contributed by atoms with Gasteiger partial charge in [-0.05, 0) is 18.6 Å². The molecule has 0 aromatic carbocycles. The van der Waals surface area contributed by atoms with Gasteiger partial charge in [-0.1, -0.05) is 6.07 Å². The van der Waals surface area contributed by atoms with Gasteiger partial charge in [0, 0.05) is 12.6 Å². The van der Waals surface area contributed by atoms with Gasteiger partial charge < -0.3 is 0 Å². The van der Waals surface area contributed by atoms with Gasteiger partial charge in [-0.2, -0.15) is 13.2 Å². The van der Waals surface area contributed by atoms with Crippen LogP contribution in [0, 0.1) is 0 Å². The first-order chi connectivity index (χ1) is 6.39. The predicted molar refractivity (Wildman–Crippen MR) is 43.6 cm³/mol. The van der Waals surface area contributed by atoms with Crippen LogP contribution in [-0.4, -0.2) is 10.8 Å². The molecule has 0 bridgehead atoms. The van der Waals surface area contributed by atoms with E-state index in [2.05, 4.69) is 4.98 Å². The highest BCUT2D eigenvalue weighted by molar-refractivity contribution is 5.78. The summed E-state index contributed by atoms with van der Waals surface area (Å²) in [6.45, 7) is 1.37. The topological polar surface area (TPSA) is 30.0 Å². The second kappa shape index (κ2) is 3.77. The molecular formula is C9H8F3NO. The second-order valence-corrected chi connectivity index (χ2v) is 2.93. The van der Waals surface area contributed by atoms with E-state index in [4.69, 9.17) is 0 Å². The first-order valence-corrected chi connectivity index (χ1v) is 3.91. The fourth-order valence-electron chi connectivity index (χ4n) is 0.984. The Morgan fingerprint density at radius 3 is 2.43 bits per heavy atom. The summed E-state index contributed by atoms with van der Waals surface area (Å²) in [4.78, 5) is 13.9. The maximum absolute atomic E-state index is 12.1. The Balaban J connectivity index is 2.84. The first kappa shape index (κ1) is 10.7. The lowest BCUT2D eigenvalue weighted by Gasteiger charge is -2.05. The lowest BCUT2D eigenvalue weighted by atomic mass is 10.1. The summed E-state index contributed by atoms with van der Waals surface area (Å²) < 4.78 is 36.2. The molecule has 0 N–H and O–H groups in total. The summed E-state index contributed by atoms with van der Waals surface area (Å²) in [5, 5.41) is 0. The molecular weight excluding hydrogens is 195 g/mol. The lowest BCUT2D eigenvalue weighted by Crippen LogP contribution is -2.08. The van der Waals surface area contributed by atoms with Crippen molar-refractivity contribution in [2.45, 2.75) is 19.5 Å². The van der Waals surface area contributed by atoms with Crippen molar-refractivity contribution in [3.63, 3.8) is 0 Å². The molecule has 1 rings (SSSR count). The summed E-state index contributed by atoms with van der Waals surface area (Å²) >= 11 is 0. The number of hydrogen-bond acceptors (Lipinski definition) is 2. The number of nitrogens with zero attached hydrogens (tertiary/aromatic N) is 1. The molecule has 1 heterocycles. The summed E-state index contributed by atoms with van der Waals surface area (Å²) in [6, 6.07) is 2.13. The molecule has 0 aliphatic heterocycles. The first-order valence-electron chi connectivity index (χ1n) is 3.91. The van der Waals surface area contributed by atoms with Gasteiger partial charge in [-0.3, -0.25) is 9.78 Å². The molecule has 0 spiro atoms. The zero-order valence-electron chi connectivity index (χ0n) is 7.43. The normalized spacial score (nSPS) is 11.4. The van der Waals surface area contributed by atoms with E-state index in [0.29, 0.717) is 5.56 Å². The molecule has 0 saturated heterocycles. The smallest absolute Gasteiger partial charge is 0.300 e. The quantitative estimate of drug-likeness (QED) is 0.737. The van der Waals surface area contributed by atoms with Gasteiger partial charge in [-0.15, -0.1) is 0 Å². The monoisotopic (exact) mass is 203 g/mol.